The fourth-order valence-electron chi connectivity index (χ4n) is 2.39. The average Bonchev–Trinajstić information content (AvgIpc) is 2.57. The lowest BCUT2D eigenvalue weighted by Crippen LogP contribution is -2.30. The van der Waals surface area contributed by atoms with E-state index >= 15 is 0 Å². The molecule has 0 atom stereocenters. The van der Waals surface area contributed by atoms with Gasteiger partial charge in [-0.05, 0) is 18.6 Å². The Bertz CT molecular complexity index is 980. The van der Waals surface area contributed by atoms with Gasteiger partial charge >= 0.3 is 0 Å². The fourth-order valence-corrected chi connectivity index (χ4v) is 3.63. The molecular weight excluding hydrogens is 346 g/mol. The second-order valence-electron chi connectivity index (χ2n) is 5.43. The summed E-state index contributed by atoms with van der Waals surface area (Å²) in [7, 11) is -0.976. The third-order valence-corrected chi connectivity index (χ3v) is 5.35. The standard InChI is InChI=1S/C16H19N3O5S/c1-10-6-4-5-7-13(10)25(23,24)18-9-11-8-12(20)15(21)14(19(11)3)16(22)17-2/h4-8,18,21H,9H2,1-3H3,(H,17,22). The molecule has 3 N–H and O–H groups in total. The summed E-state index contributed by atoms with van der Waals surface area (Å²) in [4.78, 5) is 23.8. The summed E-state index contributed by atoms with van der Waals surface area (Å²) in [5.74, 6) is -1.34. The van der Waals surface area contributed by atoms with Crippen molar-refractivity contribution >= 4 is 15.9 Å². The maximum atomic E-state index is 12.4. The minimum atomic E-state index is -3.80. The van der Waals surface area contributed by atoms with E-state index in [2.05, 4.69) is 10.0 Å². The number of aryl methyl sites for hydroxylation is 1. The van der Waals surface area contributed by atoms with Gasteiger partial charge in [-0.2, -0.15) is 0 Å². The summed E-state index contributed by atoms with van der Waals surface area (Å²) in [5.41, 5.74) is -0.180. The second kappa shape index (κ2) is 7.08. The van der Waals surface area contributed by atoms with E-state index in [1.165, 1.54) is 24.7 Å². The van der Waals surface area contributed by atoms with Crippen molar-refractivity contribution in [2.24, 2.45) is 7.05 Å². The van der Waals surface area contributed by atoms with Crippen LogP contribution in [0.3, 0.4) is 0 Å². The molecule has 9 heteroatoms. The topological polar surface area (TPSA) is 118 Å². The maximum Gasteiger partial charge on any atom is 0.271 e. The van der Waals surface area contributed by atoms with Gasteiger partial charge in [-0.1, -0.05) is 18.2 Å². The highest BCUT2D eigenvalue weighted by molar-refractivity contribution is 7.89. The number of nitrogens with zero attached hydrogens (tertiary/aromatic N) is 1. The third-order valence-electron chi connectivity index (χ3n) is 3.79. The van der Waals surface area contributed by atoms with Gasteiger partial charge in [0, 0.05) is 25.9 Å². The van der Waals surface area contributed by atoms with Crippen molar-refractivity contribution in [2.75, 3.05) is 7.05 Å². The highest BCUT2D eigenvalue weighted by atomic mass is 32.2. The van der Waals surface area contributed by atoms with Crippen LogP contribution in [0.25, 0.3) is 0 Å². The van der Waals surface area contributed by atoms with Crippen molar-refractivity contribution in [1.29, 1.82) is 0 Å². The van der Waals surface area contributed by atoms with E-state index in [1.807, 2.05) is 0 Å². The Hall–Kier alpha value is -2.65. The van der Waals surface area contributed by atoms with E-state index in [0.29, 0.717) is 5.56 Å². The number of aromatic nitrogens is 1. The molecule has 0 spiro atoms. The van der Waals surface area contributed by atoms with Gasteiger partial charge in [0.15, 0.2) is 11.4 Å². The third kappa shape index (κ3) is 3.72. The van der Waals surface area contributed by atoms with Gasteiger partial charge in [-0.3, -0.25) is 9.59 Å². The number of benzene rings is 1. The number of hydrogen-bond donors (Lipinski definition) is 3. The number of carbonyl (C=O) groups excluding carboxylic acids is 1. The summed E-state index contributed by atoms with van der Waals surface area (Å²) in [6.45, 7) is 1.46. The highest BCUT2D eigenvalue weighted by Gasteiger charge is 2.21. The van der Waals surface area contributed by atoms with E-state index in [4.69, 9.17) is 0 Å². The average molecular weight is 365 g/mol. The summed E-state index contributed by atoms with van der Waals surface area (Å²) in [5, 5.41) is 12.1. The van der Waals surface area contributed by atoms with Gasteiger partial charge in [0.25, 0.3) is 5.91 Å². The molecule has 8 nitrogen and oxygen atoms in total. The van der Waals surface area contributed by atoms with Crippen LogP contribution in [-0.2, 0) is 23.6 Å². The van der Waals surface area contributed by atoms with Crippen LogP contribution < -0.4 is 15.5 Å². The van der Waals surface area contributed by atoms with Crippen molar-refractivity contribution in [3.63, 3.8) is 0 Å². The number of hydrogen-bond acceptors (Lipinski definition) is 5. The molecule has 0 bridgehead atoms. The number of nitrogens with one attached hydrogen (secondary N) is 2. The lowest BCUT2D eigenvalue weighted by atomic mass is 10.2. The van der Waals surface area contributed by atoms with Crippen molar-refractivity contribution < 1.29 is 18.3 Å². The summed E-state index contributed by atoms with van der Waals surface area (Å²) >= 11 is 0. The minimum Gasteiger partial charge on any atom is -0.503 e. The number of rotatable bonds is 5. The number of carbonyl (C=O) groups is 1. The predicted octanol–water partition coefficient (Wildman–Crippen LogP) is 0.237. The molecule has 0 saturated carbocycles. The van der Waals surface area contributed by atoms with Crippen LogP contribution in [0, 0.1) is 6.92 Å². The Balaban J connectivity index is 2.39. The van der Waals surface area contributed by atoms with Gasteiger partial charge in [0.05, 0.1) is 11.4 Å². The SMILES string of the molecule is CNC(=O)c1c(O)c(=O)cc(CNS(=O)(=O)c2ccccc2C)n1C. The molecule has 1 aromatic heterocycles. The zero-order valence-corrected chi connectivity index (χ0v) is 14.8. The van der Waals surface area contributed by atoms with Crippen LogP contribution in [-0.4, -0.2) is 31.0 Å². The highest BCUT2D eigenvalue weighted by Crippen LogP contribution is 2.16. The molecule has 2 aromatic rings. The molecule has 0 unspecified atom stereocenters. The number of pyridine rings is 1. The van der Waals surface area contributed by atoms with Crippen LogP contribution in [0.5, 0.6) is 5.75 Å². The summed E-state index contributed by atoms with van der Waals surface area (Å²) < 4.78 is 28.6. The van der Waals surface area contributed by atoms with Crippen LogP contribution in [0.2, 0.25) is 0 Å². The molecule has 0 aliphatic carbocycles. The largest absolute Gasteiger partial charge is 0.503 e. The van der Waals surface area contributed by atoms with Crippen LogP contribution in [0.4, 0.5) is 0 Å². The van der Waals surface area contributed by atoms with Crippen molar-refractivity contribution in [2.45, 2.75) is 18.4 Å². The molecule has 25 heavy (non-hydrogen) atoms. The van der Waals surface area contributed by atoms with E-state index < -0.39 is 27.1 Å². The first kappa shape index (κ1) is 18.7. The number of amides is 1. The summed E-state index contributed by atoms with van der Waals surface area (Å²) in [6.07, 6.45) is 0. The van der Waals surface area contributed by atoms with E-state index in [-0.39, 0.29) is 22.8 Å². The van der Waals surface area contributed by atoms with Crippen LogP contribution in [0.15, 0.2) is 40.0 Å². The number of sulfonamides is 1. The first-order valence-electron chi connectivity index (χ1n) is 7.38. The first-order valence-corrected chi connectivity index (χ1v) is 8.86. The lowest BCUT2D eigenvalue weighted by Gasteiger charge is -2.15. The lowest BCUT2D eigenvalue weighted by molar-refractivity contribution is 0.0950. The Morgan fingerprint density at radius 3 is 2.52 bits per heavy atom. The van der Waals surface area contributed by atoms with Gasteiger partial charge in [-0.25, -0.2) is 13.1 Å². The number of aromatic hydroxyl groups is 1. The smallest absolute Gasteiger partial charge is 0.271 e. The fraction of sp³-hybridized carbons (Fsp3) is 0.250. The molecule has 1 aromatic carbocycles. The minimum absolute atomic E-state index is 0.130. The monoisotopic (exact) mass is 365 g/mol. The predicted molar refractivity (Wildman–Crippen MR) is 91.9 cm³/mol. The normalized spacial score (nSPS) is 11.3. The molecule has 0 aliphatic heterocycles. The van der Waals surface area contributed by atoms with Crippen molar-refractivity contribution in [3.05, 3.63) is 57.5 Å². The van der Waals surface area contributed by atoms with E-state index in [0.717, 1.165) is 6.07 Å². The quantitative estimate of drug-likeness (QED) is 0.701. The molecule has 0 aliphatic rings. The van der Waals surface area contributed by atoms with Crippen LogP contribution >= 0.6 is 0 Å². The Kier molecular flexibility index (Phi) is 5.29. The molecular formula is C16H19N3O5S. The molecule has 134 valence electrons. The van der Waals surface area contributed by atoms with E-state index in [9.17, 15) is 23.1 Å². The maximum absolute atomic E-state index is 12.4. The molecule has 1 amide bonds. The van der Waals surface area contributed by atoms with Gasteiger partial charge < -0.3 is 15.0 Å². The Morgan fingerprint density at radius 1 is 1.28 bits per heavy atom. The van der Waals surface area contributed by atoms with Crippen LogP contribution in [0.1, 0.15) is 21.7 Å². The van der Waals surface area contributed by atoms with Crippen molar-refractivity contribution in [3.8, 4) is 5.75 Å². The summed E-state index contributed by atoms with van der Waals surface area (Å²) in [6, 6.07) is 7.58. The molecule has 0 saturated heterocycles. The van der Waals surface area contributed by atoms with Crippen molar-refractivity contribution in [1.82, 2.24) is 14.6 Å². The van der Waals surface area contributed by atoms with Gasteiger partial charge in [0.1, 0.15) is 0 Å². The van der Waals surface area contributed by atoms with Gasteiger partial charge in [0.2, 0.25) is 15.5 Å². The Morgan fingerprint density at radius 2 is 1.92 bits per heavy atom. The Labute approximate surface area is 145 Å². The first-order chi connectivity index (χ1) is 11.7. The second-order valence-corrected chi connectivity index (χ2v) is 7.16. The molecule has 1 heterocycles. The van der Waals surface area contributed by atoms with E-state index in [1.54, 1.807) is 25.1 Å². The molecule has 0 fully saturated rings. The molecule has 0 radical (unpaired) electrons. The van der Waals surface area contributed by atoms with Gasteiger partial charge in [-0.15, -0.1) is 0 Å². The zero-order chi connectivity index (χ0) is 18.8. The zero-order valence-electron chi connectivity index (χ0n) is 14.0. The molecule has 2 rings (SSSR count).